The van der Waals surface area contributed by atoms with E-state index in [1.165, 1.54) is 66.1 Å². The van der Waals surface area contributed by atoms with Crippen LogP contribution in [0.5, 0.6) is 0 Å². The maximum atomic E-state index is 3.69. The number of halogens is 1. The number of rotatable bonds is 3. The summed E-state index contributed by atoms with van der Waals surface area (Å²) < 4.78 is 5.80. The summed E-state index contributed by atoms with van der Waals surface area (Å²) >= 11 is 3.69. The molecular formula is C36H23BrN2. The lowest BCUT2D eigenvalue weighted by molar-refractivity contribution is 1.18. The van der Waals surface area contributed by atoms with Crippen LogP contribution in [-0.2, 0) is 0 Å². The van der Waals surface area contributed by atoms with Gasteiger partial charge in [-0.2, -0.15) is 0 Å². The van der Waals surface area contributed by atoms with Crippen LogP contribution < -0.4 is 0 Å². The maximum absolute atomic E-state index is 3.69. The van der Waals surface area contributed by atoms with E-state index >= 15 is 0 Å². The lowest BCUT2D eigenvalue weighted by Crippen LogP contribution is -1.93. The number of nitrogens with zero attached hydrogens (tertiary/aromatic N) is 2. The summed E-state index contributed by atoms with van der Waals surface area (Å²) in [5.41, 5.74) is 9.63. The molecule has 0 unspecified atom stereocenters. The van der Waals surface area contributed by atoms with E-state index in [-0.39, 0.29) is 0 Å². The molecule has 39 heavy (non-hydrogen) atoms. The van der Waals surface area contributed by atoms with Crippen LogP contribution in [0.4, 0.5) is 0 Å². The Morgan fingerprint density at radius 1 is 0.359 bits per heavy atom. The predicted octanol–water partition coefficient (Wildman–Crippen LogP) is 10.3. The largest absolute Gasteiger partial charge is 0.309 e. The summed E-state index contributed by atoms with van der Waals surface area (Å²) in [4.78, 5) is 0. The fourth-order valence-corrected chi connectivity index (χ4v) is 6.39. The molecule has 2 heterocycles. The van der Waals surface area contributed by atoms with E-state index in [1.807, 2.05) is 0 Å². The molecule has 0 spiro atoms. The van der Waals surface area contributed by atoms with Gasteiger partial charge in [0, 0.05) is 37.4 Å². The van der Waals surface area contributed by atoms with Gasteiger partial charge in [0.05, 0.1) is 22.1 Å². The minimum atomic E-state index is 1.08. The minimum absolute atomic E-state index is 1.08. The first kappa shape index (κ1) is 22.4. The van der Waals surface area contributed by atoms with E-state index in [4.69, 9.17) is 0 Å². The molecule has 0 N–H and O–H groups in total. The summed E-state index contributed by atoms with van der Waals surface area (Å²) in [7, 11) is 0. The average molecular weight is 563 g/mol. The van der Waals surface area contributed by atoms with Crippen LogP contribution in [0, 0.1) is 0 Å². The molecule has 0 aliphatic heterocycles. The van der Waals surface area contributed by atoms with Crippen LogP contribution in [0.15, 0.2) is 144 Å². The van der Waals surface area contributed by atoms with Gasteiger partial charge in [-0.25, -0.2) is 0 Å². The molecule has 0 amide bonds. The molecule has 0 saturated heterocycles. The summed E-state index contributed by atoms with van der Waals surface area (Å²) in [6.07, 6.45) is 0. The average Bonchev–Trinajstić information content (AvgIpc) is 3.49. The van der Waals surface area contributed by atoms with Crippen molar-refractivity contribution in [1.82, 2.24) is 9.13 Å². The van der Waals surface area contributed by atoms with E-state index in [9.17, 15) is 0 Å². The number of hydrogen-bond donors (Lipinski definition) is 0. The topological polar surface area (TPSA) is 9.86 Å². The van der Waals surface area contributed by atoms with E-state index in [0.717, 1.165) is 4.47 Å². The Labute approximate surface area is 234 Å². The van der Waals surface area contributed by atoms with Crippen molar-refractivity contribution in [3.63, 3.8) is 0 Å². The number of para-hydroxylation sites is 3. The highest BCUT2D eigenvalue weighted by molar-refractivity contribution is 9.10. The lowest BCUT2D eigenvalue weighted by atomic mass is 10.0. The molecule has 0 fully saturated rings. The van der Waals surface area contributed by atoms with Crippen molar-refractivity contribution in [1.29, 1.82) is 0 Å². The van der Waals surface area contributed by atoms with Gasteiger partial charge in [0.25, 0.3) is 0 Å². The van der Waals surface area contributed by atoms with E-state index in [2.05, 4.69) is 165 Å². The van der Waals surface area contributed by atoms with Gasteiger partial charge in [-0.15, -0.1) is 0 Å². The number of aromatic nitrogens is 2. The number of benzene rings is 6. The molecule has 2 nitrogen and oxygen atoms in total. The second-order valence-electron chi connectivity index (χ2n) is 9.98. The molecule has 184 valence electrons. The number of hydrogen-bond acceptors (Lipinski definition) is 0. The molecule has 6 aromatic carbocycles. The van der Waals surface area contributed by atoms with Crippen molar-refractivity contribution in [3.8, 4) is 22.5 Å². The highest BCUT2D eigenvalue weighted by Crippen LogP contribution is 2.38. The Morgan fingerprint density at radius 3 is 1.46 bits per heavy atom. The Kier molecular flexibility index (Phi) is 5.01. The van der Waals surface area contributed by atoms with Crippen molar-refractivity contribution in [3.05, 3.63) is 144 Å². The zero-order valence-electron chi connectivity index (χ0n) is 21.1. The van der Waals surface area contributed by atoms with Crippen LogP contribution in [0.2, 0.25) is 0 Å². The van der Waals surface area contributed by atoms with Crippen LogP contribution in [0.3, 0.4) is 0 Å². The molecule has 8 rings (SSSR count). The standard InChI is InChI=1S/C36H23BrN2/c37-26-17-18-30-32-22-25(16-20-35(32)39(36(30)23-26)28-11-5-2-6-12-28)24-15-19-34-31(21-24)29-13-7-8-14-33(29)38(34)27-9-3-1-4-10-27/h1-23H. The van der Waals surface area contributed by atoms with Crippen molar-refractivity contribution in [2.24, 2.45) is 0 Å². The van der Waals surface area contributed by atoms with Gasteiger partial charge in [0.1, 0.15) is 0 Å². The molecule has 0 aliphatic rings. The van der Waals surface area contributed by atoms with E-state index in [0.29, 0.717) is 0 Å². The fraction of sp³-hybridized carbons (Fsp3) is 0. The summed E-state index contributed by atoms with van der Waals surface area (Å²) in [6, 6.07) is 50.2. The van der Waals surface area contributed by atoms with Gasteiger partial charge >= 0.3 is 0 Å². The first-order valence-corrected chi connectivity index (χ1v) is 13.9. The highest BCUT2D eigenvalue weighted by atomic mass is 79.9. The molecule has 8 aromatic rings. The molecule has 0 bridgehead atoms. The predicted molar refractivity (Wildman–Crippen MR) is 168 cm³/mol. The van der Waals surface area contributed by atoms with Crippen molar-refractivity contribution in [2.45, 2.75) is 0 Å². The number of fused-ring (bicyclic) bond motifs is 6. The normalized spacial score (nSPS) is 11.7. The molecule has 3 heteroatoms. The van der Waals surface area contributed by atoms with Crippen LogP contribution in [-0.4, -0.2) is 9.13 Å². The lowest BCUT2D eigenvalue weighted by Gasteiger charge is -2.09. The van der Waals surface area contributed by atoms with Gasteiger partial charge < -0.3 is 9.13 Å². The Balaban J connectivity index is 1.37. The first-order valence-electron chi connectivity index (χ1n) is 13.1. The Hall–Kier alpha value is -4.60. The molecule has 0 aliphatic carbocycles. The van der Waals surface area contributed by atoms with Gasteiger partial charge in [-0.05, 0) is 77.9 Å². The van der Waals surface area contributed by atoms with E-state index in [1.54, 1.807) is 0 Å². The summed E-state index contributed by atoms with van der Waals surface area (Å²) in [5.74, 6) is 0. The second kappa shape index (κ2) is 8.72. The summed E-state index contributed by atoms with van der Waals surface area (Å²) in [5, 5.41) is 5.04. The van der Waals surface area contributed by atoms with Crippen molar-refractivity contribution >= 4 is 59.5 Å². The SMILES string of the molecule is Brc1ccc2c3cc(-c4ccc5c(c4)c4ccccc4n5-c4ccccc4)ccc3n(-c3ccccc3)c2c1. The third kappa shape index (κ3) is 3.47. The van der Waals surface area contributed by atoms with Gasteiger partial charge in [-0.3, -0.25) is 0 Å². The molecular weight excluding hydrogens is 540 g/mol. The Morgan fingerprint density at radius 2 is 0.846 bits per heavy atom. The third-order valence-corrected chi connectivity index (χ3v) is 8.26. The summed E-state index contributed by atoms with van der Waals surface area (Å²) in [6.45, 7) is 0. The fourth-order valence-electron chi connectivity index (χ4n) is 6.04. The second-order valence-corrected chi connectivity index (χ2v) is 10.9. The van der Waals surface area contributed by atoms with Crippen molar-refractivity contribution in [2.75, 3.05) is 0 Å². The Bertz CT molecular complexity index is 2170. The van der Waals surface area contributed by atoms with Crippen molar-refractivity contribution < 1.29 is 0 Å². The van der Waals surface area contributed by atoms with E-state index < -0.39 is 0 Å². The maximum Gasteiger partial charge on any atom is 0.0552 e. The molecule has 0 radical (unpaired) electrons. The monoisotopic (exact) mass is 562 g/mol. The zero-order chi connectivity index (χ0) is 25.9. The third-order valence-electron chi connectivity index (χ3n) is 7.76. The van der Waals surface area contributed by atoms with Gasteiger partial charge in [0.2, 0.25) is 0 Å². The zero-order valence-corrected chi connectivity index (χ0v) is 22.6. The van der Waals surface area contributed by atoms with Gasteiger partial charge in [-0.1, -0.05) is 88.7 Å². The quantitative estimate of drug-likeness (QED) is 0.202. The van der Waals surface area contributed by atoms with Crippen LogP contribution in [0.25, 0.3) is 66.1 Å². The first-order chi connectivity index (χ1) is 19.3. The minimum Gasteiger partial charge on any atom is -0.309 e. The highest BCUT2D eigenvalue weighted by Gasteiger charge is 2.16. The molecule has 2 aromatic heterocycles. The molecule has 0 atom stereocenters. The van der Waals surface area contributed by atoms with Crippen LogP contribution in [0.1, 0.15) is 0 Å². The van der Waals surface area contributed by atoms with Gasteiger partial charge in [0.15, 0.2) is 0 Å². The smallest absolute Gasteiger partial charge is 0.0552 e. The van der Waals surface area contributed by atoms with Crippen LogP contribution >= 0.6 is 15.9 Å². The molecule has 0 saturated carbocycles.